The zero-order valence-electron chi connectivity index (χ0n) is 11.6. The molecule has 0 aromatic heterocycles. The maximum Gasteiger partial charge on any atom is 0.227 e. The highest BCUT2D eigenvalue weighted by atomic mass is 16.5. The molecule has 1 atom stereocenters. The summed E-state index contributed by atoms with van der Waals surface area (Å²) in [5.41, 5.74) is 0.766. The van der Waals surface area contributed by atoms with Crippen LogP contribution in [0.2, 0.25) is 0 Å². The van der Waals surface area contributed by atoms with E-state index >= 15 is 0 Å². The van der Waals surface area contributed by atoms with E-state index in [2.05, 4.69) is 5.32 Å². The van der Waals surface area contributed by atoms with E-state index in [1.54, 1.807) is 0 Å². The molecular weight excluding hydrogens is 254 g/mol. The first-order chi connectivity index (χ1) is 9.83. The first kappa shape index (κ1) is 13.4. The Labute approximate surface area is 119 Å². The molecule has 1 N–H and O–H groups in total. The minimum Gasteiger partial charge on any atom is -0.489 e. The standard InChI is InChI=1S/C16H21NO3/c18-16(12-5-3-6-12)17-14-8-1-2-9-15(14)20-11-13-7-4-10-19-13/h1-2,8-9,12-13H,3-7,10-11H2,(H,17,18). The van der Waals surface area contributed by atoms with Crippen LogP contribution in [0.15, 0.2) is 24.3 Å². The van der Waals surface area contributed by atoms with Crippen molar-refractivity contribution >= 4 is 11.6 Å². The van der Waals surface area contributed by atoms with Crippen molar-refractivity contribution in [3.05, 3.63) is 24.3 Å². The number of nitrogens with one attached hydrogen (secondary N) is 1. The largest absolute Gasteiger partial charge is 0.489 e. The molecule has 3 rings (SSSR count). The molecule has 1 heterocycles. The minimum absolute atomic E-state index is 0.115. The summed E-state index contributed by atoms with van der Waals surface area (Å²) in [5.74, 6) is 1.03. The fourth-order valence-electron chi connectivity index (χ4n) is 2.56. The van der Waals surface area contributed by atoms with Crippen molar-refractivity contribution in [3.8, 4) is 5.75 Å². The molecule has 1 aromatic rings. The van der Waals surface area contributed by atoms with Gasteiger partial charge in [0.25, 0.3) is 0 Å². The monoisotopic (exact) mass is 275 g/mol. The third-order valence-corrected chi connectivity index (χ3v) is 4.07. The van der Waals surface area contributed by atoms with E-state index in [-0.39, 0.29) is 17.9 Å². The van der Waals surface area contributed by atoms with E-state index in [1.807, 2.05) is 24.3 Å². The van der Waals surface area contributed by atoms with Crippen molar-refractivity contribution in [2.24, 2.45) is 5.92 Å². The van der Waals surface area contributed by atoms with Crippen LogP contribution in [0, 0.1) is 5.92 Å². The molecule has 0 bridgehead atoms. The number of hydrogen-bond acceptors (Lipinski definition) is 3. The SMILES string of the molecule is O=C(Nc1ccccc1OCC1CCCO1)C1CCC1. The highest BCUT2D eigenvalue weighted by molar-refractivity contribution is 5.94. The molecular formula is C16H21NO3. The first-order valence-corrected chi connectivity index (χ1v) is 7.47. The molecule has 1 amide bonds. The zero-order valence-corrected chi connectivity index (χ0v) is 11.6. The number of benzene rings is 1. The third kappa shape index (κ3) is 3.12. The van der Waals surface area contributed by atoms with E-state index in [4.69, 9.17) is 9.47 Å². The third-order valence-electron chi connectivity index (χ3n) is 4.07. The van der Waals surface area contributed by atoms with E-state index in [1.165, 1.54) is 0 Å². The van der Waals surface area contributed by atoms with Crippen molar-refractivity contribution in [2.45, 2.75) is 38.2 Å². The summed E-state index contributed by atoms with van der Waals surface area (Å²) in [7, 11) is 0. The zero-order chi connectivity index (χ0) is 13.8. The van der Waals surface area contributed by atoms with Crippen molar-refractivity contribution in [3.63, 3.8) is 0 Å². The van der Waals surface area contributed by atoms with Gasteiger partial charge in [-0.05, 0) is 37.8 Å². The predicted octanol–water partition coefficient (Wildman–Crippen LogP) is 2.98. The molecule has 2 aliphatic rings. The van der Waals surface area contributed by atoms with Crippen LogP contribution in [0.5, 0.6) is 5.75 Å². The topological polar surface area (TPSA) is 47.6 Å². The number of carbonyl (C=O) groups is 1. The van der Waals surface area contributed by atoms with Crippen molar-refractivity contribution in [1.29, 1.82) is 0 Å². The van der Waals surface area contributed by atoms with Crippen LogP contribution in [-0.2, 0) is 9.53 Å². The van der Waals surface area contributed by atoms with Crippen LogP contribution in [0.25, 0.3) is 0 Å². The van der Waals surface area contributed by atoms with Gasteiger partial charge in [-0.3, -0.25) is 4.79 Å². The van der Waals surface area contributed by atoms with Crippen LogP contribution < -0.4 is 10.1 Å². The fraction of sp³-hybridized carbons (Fsp3) is 0.562. The van der Waals surface area contributed by atoms with Crippen LogP contribution in [-0.4, -0.2) is 25.2 Å². The van der Waals surface area contributed by atoms with Gasteiger partial charge >= 0.3 is 0 Å². The Kier molecular flexibility index (Phi) is 4.21. The minimum atomic E-state index is 0.115. The van der Waals surface area contributed by atoms with E-state index < -0.39 is 0 Å². The van der Waals surface area contributed by atoms with Gasteiger partial charge in [0.05, 0.1) is 11.8 Å². The van der Waals surface area contributed by atoms with Crippen molar-refractivity contribution in [1.82, 2.24) is 0 Å². The van der Waals surface area contributed by atoms with Gasteiger partial charge in [0, 0.05) is 12.5 Å². The highest BCUT2D eigenvalue weighted by Gasteiger charge is 2.26. The second-order valence-electron chi connectivity index (χ2n) is 5.56. The lowest BCUT2D eigenvalue weighted by molar-refractivity contribution is -0.122. The molecule has 1 aliphatic heterocycles. The number of para-hydroxylation sites is 2. The average molecular weight is 275 g/mol. The second kappa shape index (κ2) is 6.27. The van der Waals surface area contributed by atoms with Crippen LogP contribution in [0.1, 0.15) is 32.1 Å². The Balaban J connectivity index is 1.59. The molecule has 4 nitrogen and oxygen atoms in total. The van der Waals surface area contributed by atoms with Crippen LogP contribution >= 0.6 is 0 Å². The maximum absolute atomic E-state index is 12.0. The van der Waals surface area contributed by atoms with Gasteiger partial charge in [-0.15, -0.1) is 0 Å². The molecule has 0 radical (unpaired) electrons. The van der Waals surface area contributed by atoms with Gasteiger partial charge < -0.3 is 14.8 Å². The lowest BCUT2D eigenvalue weighted by Crippen LogP contribution is -2.28. The quantitative estimate of drug-likeness (QED) is 0.898. The van der Waals surface area contributed by atoms with E-state index in [0.717, 1.165) is 50.1 Å². The number of rotatable bonds is 5. The van der Waals surface area contributed by atoms with E-state index in [0.29, 0.717) is 6.61 Å². The van der Waals surface area contributed by atoms with Gasteiger partial charge in [-0.25, -0.2) is 0 Å². The first-order valence-electron chi connectivity index (χ1n) is 7.47. The lowest BCUT2D eigenvalue weighted by atomic mass is 9.85. The fourth-order valence-corrected chi connectivity index (χ4v) is 2.56. The molecule has 1 aliphatic carbocycles. The Morgan fingerprint density at radius 2 is 2.10 bits per heavy atom. The molecule has 2 fully saturated rings. The molecule has 1 aromatic carbocycles. The Morgan fingerprint density at radius 1 is 1.25 bits per heavy atom. The van der Waals surface area contributed by atoms with Crippen molar-refractivity contribution < 1.29 is 14.3 Å². The molecule has 108 valence electrons. The van der Waals surface area contributed by atoms with Gasteiger partial charge in [0.1, 0.15) is 12.4 Å². The second-order valence-corrected chi connectivity index (χ2v) is 5.56. The molecule has 1 unspecified atom stereocenters. The van der Waals surface area contributed by atoms with Gasteiger partial charge in [0.15, 0.2) is 0 Å². The lowest BCUT2D eigenvalue weighted by Gasteiger charge is -2.24. The average Bonchev–Trinajstić information content (AvgIpc) is 2.88. The molecule has 1 saturated carbocycles. The molecule has 1 saturated heterocycles. The van der Waals surface area contributed by atoms with Crippen LogP contribution in [0.4, 0.5) is 5.69 Å². The molecule has 4 heteroatoms. The summed E-state index contributed by atoms with van der Waals surface area (Å²) in [6, 6.07) is 7.62. The number of ether oxygens (including phenoxy) is 2. The van der Waals surface area contributed by atoms with Crippen molar-refractivity contribution in [2.75, 3.05) is 18.5 Å². The predicted molar refractivity (Wildman–Crippen MR) is 76.9 cm³/mol. The number of amides is 1. The summed E-state index contributed by atoms with van der Waals surface area (Å²) >= 11 is 0. The molecule has 20 heavy (non-hydrogen) atoms. The smallest absolute Gasteiger partial charge is 0.227 e. The number of hydrogen-bond donors (Lipinski definition) is 1. The van der Waals surface area contributed by atoms with Gasteiger partial charge in [-0.2, -0.15) is 0 Å². The van der Waals surface area contributed by atoms with Crippen LogP contribution in [0.3, 0.4) is 0 Å². The summed E-state index contributed by atoms with van der Waals surface area (Å²) in [4.78, 5) is 12.0. The van der Waals surface area contributed by atoms with Gasteiger partial charge in [0.2, 0.25) is 5.91 Å². The summed E-state index contributed by atoms with van der Waals surface area (Å²) in [5, 5.41) is 2.98. The summed E-state index contributed by atoms with van der Waals surface area (Å²) in [6.07, 6.45) is 5.51. The normalized spacial score (nSPS) is 22.3. The molecule has 0 spiro atoms. The Bertz CT molecular complexity index is 465. The number of carbonyl (C=O) groups excluding carboxylic acids is 1. The Morgan fingerprint density at radius 3 is 2.80 bits per heavy atom. The maximum atomic E-state index is 12.0. The number of anilines is 1. The van der Waals surface area contributed by atoms with Gasteiger partial charge in [-0.1, -0.05) is 18.6 Å². The van der Waals surface area contributed by atoms with E-state index in [9.17, 15) is 4.79 Å². The summed E-state index contributed by atoms with van der Waals surface area (Å²) < 4.78 is 11.4. The highest BCUT2D eigenvalue weighted by Crippen LogP contribution is 2.30. The summed E-state index contributed by atoms with van der Waals surface area (Å²) in [6.45, 7) is 1.38. The Hall–Kier alpha value is -1.55.